The summed E-state index contributed by atoms with van der Waals surface area (Å²) >= 11 is 1.34. The van der Waals surface area contributed by atoms with Gasteiger partial charge in [0.05, 0.1) is 11.5 Å². The zero-order chi connectivity index (χ0) is 17.2. The van der Waals surface area contributed by atoms with Crippen molar-refractivity contribution in [2.75, 3.05) is 19.8 Å². The second kappa shape index (κ2) is 6.82. The molecule has 3 rings (SSSR count). The first kappa shape index (κ1) is 16.8. The highest BCUT2D eigenvalue weighted by Gasteiger charge is 2.27. The Morgan fingerprint density at radius 2 is 2.12 bits per heavy atom. The lowest BCUT2D eigenvalue weighted by atomic mass is 10.1. The summed E-state index contributed by atoms with van der Waals surface area (Å²) in [6, 6.07) is 9.33. The molecule has 1 N–H and O–H groups in total. The number of thiophene rings is 1. The molecule has 0 radical (unpaired) electrons. The Morgan fingerprint density at radius 1 is 1.33 bits per heavy atom. The van der Waals surface area contributed by atoms with Crippen LogP contribution in [0.1, 0.15) is 15.2 Å². The van der Waals surface area contributed by atoms with Gasteiger partial charge in [-0.05, 0) is 18.2 Å². The standard InChI is InChI=1S/C16H14F3NO3S/c17-16(18,19)9-22-6-5-20-15(21)13-7-10-8-23-12-4-2-1-3-11(12)14(10)24-13/h1-4,7H,5-6,8-9H2,(H,20,21). The summed E-state index contributed by atoms with van der Waals surface area (Å²) in [5.74, 6) is 0.446. The molecule has 1 amide bonds. The van der Waals surface area contributed by atoms with E-state index in [0.29, 0.717) is 11.5 Å². The van der Waals surface area contributed by atoms with E-state index in [1.54, 1.807) is 6.07 Å². The van der Waals surface area contributed by atoms with Crippen LogP contribution in [-0.4, -0.2) is 31.8 Å². The van der Waals surface area contributed by atoms with Gasteiger partial charge in [-0.15, -0.1) is 11.3 Å². The first-order chi connectivity index (χ1) is 11.4. The summed E-state index contributed by atoms with van der Waals surface area (Å²) < 4.78 is 45.9. The summed E-state index contributed by atoms with van der Waals surface area (Å²) in [6.07, 6.45) is -4.36. The third-order valence-corrected chi connectivity index (χ3v) is 4.55. The number of halogens is 3. The number of benzene rings is 1. The number of alkyl halides is 3. The van der Waals surface area contributed by atoms with Crippen LogP contribution in [0.25, 0.3) is 10.4 Å². The van der Waals surface area contributed by atoms with E-state index in [4.69, 9.17) is 4.74 Å². The molecule has 0 unspecified atom stereocenters. The van der Waals surface area contributed by atoms with Crippen LogP contribution >= 0.6 is 11.3 Å². The van der Waals surface area contributed by atoms with Crippen molar-refractivity contribution < 1.29 is 27.4 Å². The summed E-state index contributed by atoms with van der Waals surface area (Å²) in [7, 11) is 0. The van der Waals surface area contributed by atoms with Crippen LogP contribution in [0.5, 0.6) is 5.75 Å². The maximum atomic E-state index is 12.1. The second-order valence-corrected chi connectivity index (χ2v) is 6.23. The number of hydrogen-bond donors (Lipinski definition) is 1. The van der Waals surface area contributed by atoms with Gasteiger partial charge in [0.2, 0.25) is 0 Å². The molecule has 0 saturated carbocycles. The van der Waals surface area contributed by atoms with Crippen molar-refractivity contribution in [3.63, 3.8) is 0 Å². The Kier molecular flexibility index (Phi) is 4.77. The molecule has 1 aromatic heterocycles. The molecule has 24 heavy (non-hydrogen) atoms. The highest BCUT2D eigenvalue weighted by atomic mass is 32.1. The molecule has 0 bridgehead atoms. The van der Waals surface area contributed by atoms with Gasteiger partial charge in [0.1, 0.15) is 19.0 Å². The van der Waals surface area contributed by atoms with Crippen molar-refractivity contribution in [3.05, 3.63) is 40.8 Å². The number of carbonyl (C=O) groups is 1. The second-order valence-electron chi connectivity index (χ2n) is 5.17. The van der Waals surface area contributed by atoms with Crippen LogP contribution in [0.2, 0.25) is 0 Å². The van der Waals surface area contributed by atoms with E-state index in [0.717, 1.165) is 21.8 Å². The van der Waals surface area contributed by atoms with Crippen molar-refractivity contribution in [1.82, 2.24) is 5.32 Å². The smallest absolute Gasteiger partial charge is 0.411 e. The van der Waals surface area contributed by atoms with Gasteiger partial charge >= 0.3 is 6.18 Å². The maximum absolute atomic E-state index is 12.1. The van der Waals surface area contributed by atoms with Crippen molar-refractivity contribution >= 4 is 17.2 Å². The average molecular weight is 357 g/mol. The predicted molar refractivity (Wildman–Crippen MR) is 83.3 cm³/mol. The van der Waals surface area contributed by atoms with E-state index in [-0.39, 0.29) is 19.1 Å². The quantitative estimate of drug-likeness (QED) is 0.832. The number of nitrogens with one attached hydrogen (secondary N) is 1. The molecule has 0 fully saturated rings. The lowest BCUT2D eigenvalue weighted by Gasteiger charge is -2.16. The third-order valence-electron chi connectivity index (χ3n) is 3.35. The van der Waals surface area contributed by atoms with Crippen molar-refractivity contribution in [1.29, 1.82) is 0 Å². The minimum atomic E-state index is -4.36. The molecular weight excluding hydrogens is 343 g/mol. The molecule has 1 aliphatic rings. The predicted octanol–water partition coefficient (Wildman–Crippen LogP) is 3.62. The molecular formula is C16H14F3NO3S. The first-order valence-corrected chi connectivity index (χ1v) is 8.03. The molecule has 2 aromatic rings. The molecule has 8 heteroatoms. The number of rotatable bonds is 5. The minimum Gasteiger partial charge on any atom is -0.488 e. The van der Waals surface area contributed by atoms with E-state index in [9.17, 15) is 18.0 Å². The summed E-state index contributed by atoms with van der Waals surface area (Å²) in [5.41, 5.74) is 1.87. The van der Waals surface area contributed by atoms with E-state index in [1.807, 2.05) is 24.3 Å². The van der Waals surface area contributed by atoms with E-state index >= 15 is 0 Å². The normalized spacial score (nSPS) is 13.0. The van der Waals surface area contributed by atoms with Crippen LogP contribution in [-0.2, 0) is 11.3 Å². The van der Waals surface area contributed by atoms with Crippen LogP contribution in [0.15, 0.2) is 30.3 Å². The Hall–Kier alpha value is -2.06. The molecule has 2 heterocycles. The Labute approximate surface area is 140 Å². The first-order valence-electron chi connectivity index (χ1n) is 7.21. The Morgan fingerprint density at radius 3 is 2.92 bits per heavy atom. The SMILES string of the molecule is O=C(NCCOCC(F)(F)F)c1cc2c(s1)-c1ccccc1OC2. The van der Waals surface area contributed by atoms with Crippen molar-refractivity contribution in [2.24, 2.45) is 0 Å². The van der Waals surface area contributed by atoms with Gasteiger partial charge in [-0.3, -0.25) is 4.79 Å². The van der Waals surface area contributed by atoms with Gasteiger partial charge in [0, 0.05) is 22.5 Å². The van der Waals surface area contributed by atoms with Crippen LogP contribution in [0.4, 0.5) is 13.2 Å². The van der Waals surface area contributed by atoms with Gasteiger partial charge in [0.15, 0.2) is 0 Å². The summed E-state index contributed by atoms with van der Waals surface area (Å²) in [5, 5.41) is 2.56. The number of amides is 1. The molecule has 4 nitrogen and oxygen atoms in total. The van der Waals surface area contributed by atoms with Crippen molar-refractivity contribution in [3.8, 4) is 16.2 Å². The molecule has 128 valence electrons. The fraction of sp³-hybridized carbons (Fsp3) is 0.312. The monoisotopic (exact) mass is 357 g/mol. The van der Waals surface area contributed by atoms with Gasteiger partial charge < -0.3 is 14.8 Å². The fourth-order valence-electron chi connectivity index (χ4n) is 2.32. The largest absolute Gasteiger partial charge is 0.488 e. The Balaban J connectivity index is 1.59. The molecule has 0 spiro atoms. The number of para-hydroxylation sites is 1. The zero-order valence-electron chi connectivity index (χ0n) is 12.5. The molecule has 0 saturated heterocycles. The number of carbonyl (C=O) groups excluding carboxylic acids is 1. The fourth-order valence-corrected chi connectivity index (χ4v) is 3.44. The maximum Gasteiger partial charge on any atom is 0.411 e. The minimum absolute atomic E-state index is 0.0184. The molecule has 0 atom stereocenters. The summed E-state index contributed by atoms with van der Waals surface area (Å²) in [4.78, 5) is 13.6. The van der Waals surface area contributed by atoms with E-state index < -0.39 is 12.8 Å². The van der Waals surface area contributed by atoms with E-state index in [2.05, 4.69) is 10.1 Å². The van der Waals surface area contributed by atoms with Gasteiger partial charge in [-0.2, -0.15) is 13.2 Å². The lowest BCUT2D eigenvalue weighted by Crippen LogP contribution is -2.28. The van der Waals surface area contributed by atoms with E-state index in [1.165, 1.54) is 11.3 Å². The Bertz CT molecular complexity index is 742. The average Bonchev–Trinajstić information content (AvgIpc) is 2.98. The molecule has 1 aliphatic heterocycles. The number of hydrogen-bond acceptors (Lipinski definition) is 4. The summed E-state index contributed by atoms with van der Waals surface area (Å²) in [6.45, 7) is -1.10. The van der Waals surface area contributed by atoms with Crippen LogP contribution < -0.4 is 10.1 Å². The molecule has 0 aliphatic carbocycles. The number of ether oxygens (including phenoxy) is 2. The highest BCUT2D eigenvalue weighted by molar-refractivity contribution is 7.17. The topological polar surface area (TPSA) is 47.6 Å². The zero-order valence-corrected chi connectivity index (χ0v) is 13.3. The van der Waals surface area contributed by atoms with Gasteiger partial charge in [0.25, 0.3) is 5.91 Å². The van der Waals surface area contributed by atoms with Crippen LogP contribution in [0, 0.1) is 0 Å². The third kappa shape index (κ3) is 3.88. The van der Waals surface area contributed by atoms with Crippen LogP contribution in [0.3, 0.4) is 0 Å². The highest BCUT2D eigenvalue weighted by Crippen LogP contribution is 2.42. The lowest BCUT2D eigenvalue weighted by molar-refractivity contribution is -0.173. The van der Waals surface area contributed by atoms with Crippen molar-refractivity contribution in [2.45, 2.75) is 12.8 Å². The molecule has 1 aromatic carbocycles. The number of fused-ring (bicyclic) bond motifs is 3. The van der Waals surface area contributed by atoms with Gasteiger partial charge in [-0.25, -0.2) is 0 Å². The van der Waals surface area contributed by atoms with Gasteiger partial charge in [-0.1, -0.05) is 12.1 Å².